The first-order chi connectivity index (χ1) is 23.7. The summed E-state index contributed by atoms with van der Waals surface area (Å²) in [5, 5.41) is 9.64. The van der Waals surface area contributed by atoms with Crippen molar-refractivity contribution in [2.75, 3.05) is 19.6 Å². The third-order valence-electron chi connectivity index (χ3n) is 9.67. The van der Waals surface area contributed by atoms with E-state index in [9.17, 15) is 9.90 Å². The van der Waals surface area contributed by atoms with Crippen molar-refractivity contribution in [3.8, 4) is 0 Å². The molecule has 0 fully saturated rings. The molecule has 0 saturated carbocycles. The van der Waals surface area contributed by atoms with Gasteiger partial charge >= 0.3 is 5.97 Å². The van der Waals surface area contributed by atoms with Crippen molar-refractivity contribution >= 4 is 5.97 Å². The monoisotopic (exact) mass is 670 g/mol. The molecule has 0 rings (SSSR count). The molecule has 3 heteroatoms. The summed E-state index contributed by atoms with van der Waals surface area (Å²) in [5.41, 5.74) is 0. The summed E-state index contributed by atoms with van der Waals surface area (Å²) in [6.45, 7) is 9.39. The van der Waals surface area contributed by atoms with Crippen molar-refractivity contribution in [3.63, 3.8) is 0 Å². The summed E-state index contributed by atoms with van der Waals surface area (Å²) >= 11 is 0. The van der Waals surface area contributed by atoms with Crippen LogP contribution in [-0.4, -0.2) is 35.6 Å². The fourth-order valence-corrected chi connectivity index (χ4v) is 6.34. The van der Waals surface area contributed by atoms with Gasteiger partial charge in [0, 0.05) is 6.54 Å². The highest BCUT2D eigenvalue weighted by Gasteiger charge is 2.18. The number of hydrogen-bond acceptors (Lipinski definition) is 2. The van der Waals surface area contributed by atoms with Crippen LogP contribution in [0, 0.1) is 5.92 Å². The minimum Gasteiger partial charge on any atom is -0.481 e. The van der Waals surface area contributed by atoms with Gasteiger partial charge in [-0.05, 0) is 96.6 Å². The van der Waals surface area contributed by atoms with Crippen LogP contribution in [0.4, 0.5) is 0 Å². The third-order valence-corrected chi connectivity index (χ3v) is 9.67. The van der Waals surface area contributed by atoms with E-state index < -0.39 is 5.97 Å². The summed E-state index contributed by atoms with van der Waals surface area (Å²) in [6.07, 6.45) is 55.7. The van der Waals surface area contributed by atoms with Crippen molar-refractivity contribution in [2.45, 2.75) is 207 Å². The second-order valence-electron chi connectivity index (χ2n) is 14.3. The zero-order valence-corrected chi connectivity index (χ0v) is 32.6. The molecule has 0 aromatic carbocycles. The van der Waals surface area contributed by atoms with Crippen molar-refractivity contribution in [2.24, 2.45) is 5.92 Å². The predicted octanol–water partition coefficient (Wildman–Crippen LogP) is 14.6. The molecule has 48 heavy (non-hydrogen) atoms. The Morgan fingerprint density at radius 2 is 0.771 bits per heavy atom. The van der Waals surface area contributed by atoms with Crippen LogP contribution in [0.1, 0.15) is 207 Å². The van der Waals surface area contributed by atoms with Crippen LogP contribution in [0.25, 0.3) is 0 Å². The number of hydrogen-bond donors (Lipinski definition) is 1. The van der Waals surface area contributed by atoms with Gasteiger partial charge in [-0.1, -0.05) is 172 Å². The Morgan fingerprint density at radius 3 is 1.08 bits per heavy atom. The van der Waals surface area contributed by atoms with Crippen LogP contribution in [0.15, 0.2) is 48.6 Å². The number of carbonyl (C=O) groups is 1. The number of rotatable bonds is 38. The van der Waals surface area contributed by atoms with Crippen molar-refractivity contribution in [1.82, 2.24) is 4.90 Å². The van der Waals surface area contributed by atoms with E-state index in [1.165, 1.54) is 167 Å². The number of carboxylic acids is 1. The van der Waals surface area contributed by atoms with E-state index in [0.717, 1.165) is 38.9 Å². The van der Waals surface area contributed by atoms with Gasteiger partial charge in [-0.15, -0.1) is 0 Å². The van der Waals surface area contributed by atoms with E-state index in [2.05, 4.69) is 67.4 Å². The Morgan fingerprint density at radius 1 is 0.458 bits per heavy atom. The molecule has 0 heterocycles. The Balaban J connectivity index is 3.85. The molecule has 0 aliphatic rings. The molecule has 1 atom stereocenters. The van der Waals surface area contributed by atoms with Gasteiger partial charge in [-0.25, -0.2) is 0 Å². The van der Waals surface area contributed by atoms with Gasteiger partial charge in [-0.3, -0.25) is 4.79 Å². The normalized spacial score (nSPS) is 13.0. The number of allylic oxidation sites excluding steroid dienone is 8. The van der Waals surface area contributed by atoms with E-state index in [1.807, 2.05) is 6.92 Å². The molecule has 0 spiro atoms. The van der Waals surface area contributed by atoms with Crippen LogP contribution in [-0.2, 0) is 4.79 Å². The summed E-state index contributed by atoms with van der Waals surface area (Å²) in [7, 11) is 0. The second kappa shape index (κ2) is 39.8. The van der Waals surface area contributed by atoms with Crippen molar-refractivity contribution < 1.29 is 9.90 Å². The lowest BCUT2D eigenvalue weighted by molar-refractivity contribution is -0.142. The fraction of sp³-hybridized carbons (Fsp3) is 0.800. The third kappa shape index (κ3) is 35.7. The maximum atomic E-state index is 11.7. The molecule has 0 bridgehead atoms. The summed E-state index contributed by atoms with van der Waals surface area (Å²) in [4.78, 5) is 14.2. The second-order valence-corrected chi connectivity index (χ2v) is 14.3. The van der Waals surface area contributed by atoms with Gasteiger partial charge < -0.3 is 10.0 Å². The van der Waals surface area contributed by atoms with Crippen molar-refractivity contribution in [3.05, 3.63) is 48.6 Å². The summed E-state index contributed by atoms with van der Waals surface area (Å²) in [5.74, 6) is -0.855. The first-order valence-corrected chi connectivity index (χ1v) is 21.2. The highest BCUT2D eigenvalue weighted by atomic mass is 16.4. The van der Waals surface area contributed by atoms with Crippen LogP contribution < -0.4 is 0 Å². The van der Waals surface area contributed by atoms with Gasteiger partial charge in [0.2, 0.25) is 0 Å². The zero-order valence-electron chi connectivity index (χ0n) is 32.6. The van der Waals surface area contributed by atoms with E-state index in [1.54, 1.807) is 0 Å². The van der Waals surface area contributed by atoms with E-state index in [4.69, 9.17) is 0 Å². The first kappa shape index (κ1) is 46.4. The molecule has 1 unspecified atom stereocenters. The molecule has 1 N–H and O–H groups in total. The van der Waals surface area contributed by atoms with E-state index >= 15 is 0 Å². The Bertz CT molecular complexity index is 715. The van der Waals surface area contributed by atoms with Gasteiger partial charge in [0.25, 0.3) is 0 Å². The summed E-state index contributed by atoms with van der Waals surface area (Å²) < 4.78 is 0. The highest BCUT2D eigenvalue weighted by Crippen LogP contribution is 2.15. The lowest BCUT2D eigenvalue weighted by atomic mass is 10.0. The average molecular weight is 670 g/mol. The SMILES string of the molecule is CCCCC/C=C\C/C=C\CCCCCCCCCCN(CCCCCCCCCC/C=C\C/C=C\CCCCC)CC(CC)C(=O)O. The fourth-order valence-electron chi connectivity index (χ4n) is 6.34. The molecule has 0 aliphatic carbocycles. The molecule has 0 aromatic rings. The molecular formula is C45H83NO2. The Hall–Kier alpha value is -1.61. The van der Waals surface area contributed by atoms with Gasteiger partial charge in [0.1, 0.15) is 0 Å². The predicted molar refractivity (Wildman–Crippen MR) is 215 cm³/mol. The molecule has 3 nitrogen and oxygen atoms in total. The first-order valence-electron chi connectivity index (χ1n) is 21.2. The standard InChI is InChI=1S/C45H83NO2/c1-4-7-9-11-13-15-17-19-21-23-25-27-29-31-33-35-37-39-41-46(43-44(6-3)45(47)48)42-40-38-36-34-32-30-28-26-24-22-20-18-16-14-12-10-8-5-2/h13-16,19-22,44H,4-12,17-18,23-43H2,1-3H3,(H,47,48)/b15-13-,16-14-,21-19-,22-20-. The smallest absolute Gasteiger partial charge is 0.307 e. The largest absolute Gasteiger partial charge is 0.481 e. The minimum atomic E-state index is -0.627. The van der Waals surface area contributed by atoms with Gasteiger partial charge in [-0.2, -0.15) is 0 Å². The molecule has 0 aliphatic heterocycles. The lowest BCUT2D eigenvalue weighted by Gasteiger charge is -2.25. The lowest BCUT2D eigenvalue weighted by Crippen LogP contribution is -2.34. The molecular weight excluding hydrogens is 587 g/mol. The minimum absolute atomic E-state index is 0.228. The Labute approximate surface area is 301 Å². The molecule has 0 radical (unpaired) electrons. The van der Waals surface area contributed by atoms with Crippen molar-refractivity contribution in [1.29, 1.82) is 0 Å². The van der Waals surface area contributed by atoms with E-state index in [0.29, 0.717) is 0 Å². The molecule has 280 valence electrons. The summed E-state index contributed by atoms with van der Waals surface area (Å²) in [6, 6.07) is 0. The van der Waals surface area contributed by atoms with Crippen LogP contribution in [0.5, 0.6) is 0 Å². The van der Waals surface area contributed by atoms with Crippen LogP contribution in [0.3, 0.4) is 0 Å². The maximum absolute atomic E-state index is 11.7. The highest BCUT2D eigenvalue weighted by molar-refractivity contribution is 5.70. The number of aliphatic carboxylic acids is 1. The number of carboxylic acid groups (broad SMARTS) is 1. The average Bonchev–Trinajstić information content (AvgIpc) is 3.08. The van der Waals surface area contributed by atoms with Crippen LogP contribution in [0.2, 0.25) is 0 Å². The maximum Gasteiger partial charge on any atom is 0.307 e. The van der Waals surface area contributed by atoms with E-state index in [-0.39, 0.29) is 5.92 Å². The quantitative estimate of drug-likeness (QED) is 0.0525. The molecule has 0 saturated heterocycles. The topological polar surface area (TPSA) is 40.5 Å². The number of unbranched alkanes of at least 4 members (excludes halogenated alkanes) is 22. The zero-order chi connectivity index (χ0) is 35.0. The Kier molecular flexibility index (Phi) is 38.5. The molecule has 0 aromatic heterocycles. The molecule has 0 amide bonds. The number of nitrogens with zero attached hydrogens (tertiary/aromatic N) is 1. The van der Waals surface area contributed by atoms with Gasteiger partial charge in [0.05, 0.1) is 5.92 Å². The van der Waals surface area contributed by atoms with Gasteiger partial charge in [0.15, 0.2) is 0 Å². The van der Waals surface area contributed by atoms with Crippen LogP contribution >= 0.6 is 0 Å².